The summed E-state index contributed by atoms with van der Waals surface area (Å²) < 4.78 is 22.9. The van der Waals surface area contributed by atoms with Crippen LogP contribution in [-0.4, -0.2) is 30.2 Å². The van der Waals surface area contributed by atoms with Gasteiger partial charge in [-0.1, -0.05) is 13.0 Å². The average Bonchev–Trinajstić information content (AvgIpc) is 2.92. The Morgan fingerprint density at radius 3 is 2.44 bits per heavy atom. The first-order valence-corrected chi connectivity index (χ1v) is 9.63. The second-order valence-electron chi connectivity index (χ2n) is 5.94. The van der Waals surface area contributed by atoms with E-state index in [1.165, 1.54) is 35.4 Å². The lowest BCUT2D eigenvalue weighted by Crippen LogP contribution is -2.31. The number of aromatic nitrogens is 1. The number of Topliss-reactive ketones (excluding diaryl/α,β-unsaturated/α-hetero) is 1. The van der Waals surface area contributed by atoms with Crippen molar-refractivity contribution in [2.24, 2.45) is 5.14 Å². The third kappa shape index (κ3) is 3.34. The lowest BCUT2D eigenvalue weighted by atomic mass is 9.96. The monoisotopic (exact) mass is 387 g/mol. The van der Waals surface area contributed by atoms with Gasteiger partial charge in [-0.2, -0.15) is 0 Å². The summed E-state index contributed by atoms with van der Waals surface area (Å²) in [4.78, 5) is 30.3. The lowest BCUT2D eigenvalue weighted by Gasteiger charge is -2.26. The third-order valence-electron chi connectivity index (χ3n) is 4.27. The fourth-order valence-electron chi connectivity index (χ4n) is 3.00. The zero-order chi connectivity index (χ0) is 19.8. The summed E-state index contributed by atoms with van der Waals surface area (Å²) in [5.74, 6) is -1.73. The van der Waals surface area contributed by atoms with Crippen molar-refractivity contribution >= 4 is 27.4 Å². The van der Waals surface area contributed by atoms with Crippen molar-refractivity contribution in [3.05, 3.63) is 65.7 Å². The second-order valence-corrected chi connectivity index (χ2v) is 7.50. The molecule has 1 aliphatic rings. The molecule has 0 bridgehead atoms. The minimum absolute atomic E-state index is 0.00831. The summed E-state index contributed by atoms with van der Waals surface area (Å²) >= 11 is 0. The van der Waals surface area contributed by atoms with Crippen LogP contribution in [0, 0.1) is 0 Å². The second kappa shape index (κ2) is 6.93. The van der Waals surface area contributed by atoms with Crippen LogP contribution in [0.1, 0.15) is 24.9 Å². The molecular weight excluding hydrogens is 370 g/mol. The number of benzene rings is 1. The molecule has 0 aliphatic carbocycles. The SMILES string of the molecule is CCC(=O)C1=C(O)C(=O)N(c2ccc(S(N)(=O)=O)cc2)C1c1cccnc1. The predicted molar refractivity (Wildman–Crippen MR) is 97.2 cm³/mol. The highest BCUT2D eigenvalue weighted by Gasteiger charge is 2.43. The molecule has 8 nitrogen and oxygen atoms in total. The molecule has 2 heterocycles. The Bertz CT molecular complexity index is 1030. The molecule has 27 heavy (non-hydrogen) atoms. The van der Waals surface area contributed by atoms with Gasteiger partial charge in [0, 0.05) is 24.5 Å². The maximum absolute atomic E-state index is 12.7. The number of carbonyl (C=O) groups excluding carboxylic acids is 2. The summed E-state index contributed by atoms with van der Waals surface area (Å²) in [6, 6.07) is 7.80. The van der Waals surface area contributed by atoms with Gasteiger partial charge < -0.3 is 5.11 Å². The molecule has 3 N–H and O–H groups in total. The molecule has 1 aromatic heterocycles. The highest BCUT2D eigenvalue weighted by atomic mass is 32.2. The van der Waals surface area contributed by atoms with Crippen molar-refractivity contribution in [1.82, 2.24) is 4.98 Å². The van der Waals surface area contributed by atoms with Gasteiger partial charge >= 0.3 is 0 Å². The Morgan fingerprint density at radius 1 is 1.26 bits per heavy atom. The average molecular weight is 387 g/mol. The summed E-state index contributed by atoms with van der Waals surface area (Å²) in [6.45, 7) is 1.64. The van der Waals surface area contributed by atoms with Gasteiger partial charge in [0.15, 0.2) is 11.5 Å². The summed E-state index contributed by atoms with van der Waals surface area (Å²) in [6.07, 6.45) is 3.17. The van der Waals surface area contributed by atoms with Crippen LogP contribution in [0.25, 0.3) is 0 Å². The van der Waals surface area contributed by atoms with E-state index in [0.29, 0.717) is 11.3 Å². The van der Waals surface area contributed by atoms with E-state index in [-0.39, 0.29) is 22.7 Å². The molecule has 0 fully saturated rings. The van der Waals surface area contributed by atoms with Crippen molar-refractivity contribution < 1.29 is 23.1 Å². The smallest absolute Gasteiger partial charge is 0.294 e. The van der Waals surface area contributed by atoms with Gasteiger partial charge in [-0.05, 0) is 35.9 Å². The highest BCUT2D eigenvalue weighted by Crippen LogP contribution is 2.41. The molecule has 0 saturated heterocycles. The molecular formula is C18H17N3O5S. The number of pyridine rings is 1. The number of hydrogen-bond donors (Lipinski definition) is 2. The number of hydrogen-bond acceptors (Lipinski definition) is 6. The minimum Gasteiger partial charge on any atom is -0.503 e. The topological polar surface area (TPSA) is 131 Å². The molecule has 140 valence electrons. The van der Waals surface area contributed by atoms with Gasteiger partial charge in [0.1, 0.15) is 0 Å². The number of nitrogens with two attached hydrogens (primary N) is 1. The molecule has 1 aliphatic heterocycles. The molecule has 1 unspecified atom stereocenters. The van der Waals surface area contributed by atoms with Crippen LogP contribution in [0.4, 0.5) is 5.69 Å². The number of nitrogens with zero attached hydrogens (tertiary/aromatic N) is 2. The Morgan fingerprint density at radius 2 is 1.93 bits per heavy atom. The van der Waals surface area contributed by atoms with Crippen molar-refractivity contribution in [3.8, 4) is 0 Å². The molecule has 1 atom stereocenters. The largest absolute Gasteiger partial charge is 0.503 e. The van der Waals surface area contributed by atoms with Gasteiger partial charge in [0.2, 0.25) is 10.0 Å². The van der Waals surface area contributed by atoms with Crippen LogP contribution in [-0.2, 0) is 19.6 Å². The van der Waals surface area contributed by atoms with Crippen LogP contribution in [0.15, 0.2) is 65.0 Å². The molecule has 2 aromatic rings. The number of anilines is 1. The zero-order valence-electron chi connectivity index (χ0n) is 14.4. The number of carbonyl (C=O) groups is 2. The van der Waals surface area contributed by atoms with E-state index in [2.05, 4.69) is 4.98 Å². The molecule has 1 aromatic carbocycles. The van der Waals surface area contributed by atoms with Gasteiger partial charge in [-0.3, -0.25) is 19.5 Å². The summed E-state index contributed by atoms with van der Waals surface area (Å²) in [5.41, 5.74) is 0.847. The Labute approximate surface area is 156 Å². The number of rotatable bonds is 5. The number of primary sulfonamides is 1. The minimum atomic E-state index is -3.89. The highest BCUT2D eigenvalue weighted by molar-refractivity contribution is 7.89. The first-order chi connectivity index (χ1) is 12.8. The van der Waals surface area contributed by atoms with Crippen LogP contribution in [0.2, 0.25) is 0 Å². The van der Waals surface area contributed by atoms with E-state index in [1.807, 2.05) is 0 Å². The summed E-state index contributed by atoms with van der Waals surface area (Å²) in [5, 5.41) is 15.4. The van der Waals surface area contributed by atoms with E-state index in [1.54, 1.807) is 25.3 Å². The first-order valence-electron chi connectivity index (χ1n) is 8.08. The predicted octanol–water partition coefficient (Wildman–Crippen LogP) is 1.61. The van der Waals surface area contributed by atoms with Crippen molar-refractivity contribution in [1.29, 1.82) is 0 Å². The molecule has 3 rings (SSSR count). The number of amides is 1. The third-order valence-corrected chi connectivity index (χ3v) is 5.20. The van der Waals surface area contributed by atoms with Gasteiger partial charge in [0.25, 0.3) is 5.91 Å². The number of ketones is 1. The quantitative estimate of drug-likeness (QED) is 0.801. The lowest BCUT2D eigenvalue weighted by molar-refractivity contribution is -0.118. The van der Waals surface area contributed by atoms with Crippen molar-refractivity contribution in [2.75, 3.05) is 4.90 Å². The van der Waals surface area contributed by atoms with Gasteiger partial charge in [0.05, 0.1) is 16.5 Å². The fourth-order valence-corrected chi connectivity index (χ4v) is 3.51. The number of sulfonamides is 1. The van der Waals surface area contributed by atoms with Crippen LogP contribution in [0.3, 0.4) is 0 Å². The Balaban J connectivity index is 2.14. The van der Waals surface area contributed by atoms with E-state index in [9.17, 15) is 23.1 Å². The van der Waals surface area contributed by atoms with E-state index >= 15 is 0 Å². The summed E-state index contributed by atoms with van der Waals surface area (Å²) in [7, 11) is -3.89. The van der Waals surface area contributed by atoms with E-state index < -0.39 is 27.7 Å². The van der Waals surface area contributed by atoms with Crippen LogP contribution in [0.5, 0.6) is 0 Å². The van der Waals surface area contributed by atoms with Gasteiger partial charge in [-0.25, -0.2) is 13.6 Å². The molecule has 0 saturated carbocycles. The molecule has 0 radical (unpaired) electrons. The Kier molecular flexibility index (Phi) is 4.81. The normalized spacial score (nSPS) is 17.5. The van der Waals surface area contributed by atoms with Crippen LogP contribution >= 0.6 is 0 Å². The van der Waals surface area contributed by atoms with Gasteiger partial charge in [-0.15, -0.1) is 0 Å². The molecule has 9 heteroatoms. The van der Waals surface area contributed by atoms with Crippen molar-refractivity contribution in [2.45, 2.75) is 24.3 Å². The van der Waals surface area contributed by atoms with E-state index in [4.69, 9.17) is 5.14 Å². The standard InChI is InChI=1S/C18H17N3O5S/c1-2-14(22)15-16(11-4-3-9-20-10-11)21(18(24)17(15)23)12-5-7-13(8-6-12)27(19,25)26/h3-10,16,23H,2H2,1H3,(H2,19,25,26). The first kappa shape index (κ1) is 18.7. The molecule has 0 spiro atoms. The van der Waals surface area contributed by atoms with E-state index in [0.717, 1.165) is 0 Å². The van der Waals surface area contributed by atoms with Crippen molar-refractivity contribution in [3.63, 3.8) is 0 Å². The zero-order valence-corrected chi connectivity index (χ0v) is 15.2. The number of aliphatic hydroxyl groups is 1. The maximum Gasteiger partial charge on any atom is 0.294 e. The Hall–Kier alpha value is -3.04. The van der Waals surface area contributed by atoms with Crippen LogP contribution < -0.4 is 10.0 Å². The number of aliphatic hydroxyl groups excluding tert-OH is 1. The maximum atomic E-state index is 12.7. The molecule has 1 amide bonds. The fraction of sp³-hybridized carbons (Fsp3) is 0.167.